The van der Waals surface area contributed by atoms with Gasteiger partial charge in [-0.1, -0.05) is 60.7 Å². The molecule has 0 radical (unpaired) electrons. The van der Waals surface area contributed by atoms with E-state index in [-0.39, 0.29) is 24.4 Å². The van der Waals surface area contributed by atoms with Gasteiger partial charge in [-0.3, -0.25) is 9.59 Å². The Bertz CT molecular complexity index is 1430. The molecule has 44 heavy (non-hydrogen) atoms. The maximum Gasteiger partial charge on any atom is 0.250 e. The molecule has 1 atom stereocenters. The zero-order valence-electron chi connectivity index (χ0n) is 24.8. The summed E-state index contributed by atoms with van der Waals surface area (Å²) in [6.45, 7) is 4.20. The van der Waals surface area contributed by atoms with Crippen LogP contribution in [0.1, 0.15) is 30.0 Å². The fraction of sp³-hybridized carbons (Fsp3) is 0.382. The standard InChI is InChI=1S/C34H39N5O3S2/c40-31(25-38-24-30(36-33(38)43)27-9-5-2-6-10-27)39(23-26-7-3-1-4-8-26)34(15-21-44-22-16-34)32(41)35-28-11-13-29(14-12-28)37-17-19-42-20-18-37/h1-14,30H,15-25H2,(H,35,41)(H,36,43)/t30-/m1/s1. The number of nitrogens with zero attached hydrogens (tertiary/aromatic N) is 3. The van der Waals surface area contributed by atoms with Crippen molar-refractivity contribution in [3.05, 3.63) is 96.1 Å². The summed E-state index contributed by atoms with van der Waals surface area (Å²) in [5.41, 5.74) is 2.98. The van der Waals surface area contributed by atoms with E-state index in [9.17, 15) is 9.59 Å². The molecule has 2 amide bonds. The number of anilines is 2. The van der Waals surface area contributed by atoms with Crippen molar-refractivity contribution >= 4 is 52.3 Å². The summed E-state index contributed by atoms with van der Waals surface area (Å²) >= 11 is 7.51. The van der Waals surface area contributed by atoms with Crippen molar-refractivity contribution in [2.45, 2.75) is 31.0 Å². The zero-order valence-corrected chi connectivity index (χ0v) is 26.5. The molecule has 0 unspecified atom stereocenters. The van der Waals surface area contributed by atoms with E-state index in [1.807, 2.05) is 94.4 Å². The number of nitrogens with one attached hydrogen (secondary N) is 2. The van der Waals surface area contributed by atoms with Crippen molar-refractivity contribution < 1.29 is 14.3 Å². The van der Waals surface area contributed by atoms with Gasteiger partial charge in [0.05, 0.1) is 25.8 Å². The highest BCUT2D eigenvalue weighted by Gasteiger charge is 2.48. The van der Waals surface area contributed by atoms with Gasteiger partial charge in [-0.15, -0.1) is 0 Å². The number of carbonyl (C=O) groups is 2. The Balaban J connectivity index is 1.24. The van der Waals surface area contributed by atoms with Crippen LogP contribution < -0.4 is 15.5 Å². The van der Waals surface area contributed by atoms with E-state index in [0.29, 0.717) is 31.0 Å². The molecule has 10 heteroatoms. The molecule has 3 aliphatic heterocycles. The molecule has 3 aliphatic rings. The van der Waals surface area contributed by atoms with Gasteiger partial charge < -0.3 is 30.1 Å². The van der Waals surface area contributed by atoms with E-state index in [0.717, 1.165) is 60.3 Å². The molecule has 3 fully saturated rings. The summed E-state index contributed by atoms with van der Waals surface area (Å²) in [4.78, 5) is 34.8. The first-order valence-electron chi connectivity index (χ1n) is 15.3. The smallest absolute Gasteiger partial charge is 0.250 e. The monoisotopic (exact) mass is 629 g/mol. The lowest BCUT2D eigenvalue weighted by Gasteiger charge is -2.45. The van der Waals surface area contributed by atoms with Gasteiger partial charge in [0.1, 0.15) is 5.54 Å². The van der Waals surface area contributed by atoms with E-state index in [1.165, 1.54) is 0 Å². The summed E-state index contributed by atoms with van der Waals surface area (Å²) in [5, 5.41) is 7.14. The van der Waals surface area contributed by atoms with E-state index in [2.05, 4.69) is 27.7 Å². The highest BCUT2D eigenvalue weighted by molar-refractivity contribution is 7.99. The first-order valence-corrected chi connectivity index (χ1v) is 16.8. The number of thioether (sulfide) groups is 1. The van der Waals surface area contributed by atoms with Crippen LogP contribution in [0.3, 0.4) is 0 Å². The lowest BCUT2D eigenvalue weighted by atomic mass is 9.87. The summed E-state index contributed by atoms with van der Waals surface area (Å²) < 4.78 is 5.49. The molecule has 6 rings (SSSR count). The average molecular weight is 630 g/mol. The number of carbonyl (C=O) groups excluding carboxylic acids is 2. The Labute approximate surface area is 269 Å². The summed E-state index contributed by atoms with van der Waals surface area (Å²) in [5.74, 6) is 1.38. The van der Waals surface area contributed by atoms with Gasteiger partial charge in [0.15, 0.2) is 5.11 Å². The van der Waals surface area contributed by atoms with Crippen LogP contribution in [0.2, 0.25) is 0 Å². The predicted octanol–water partition coefficient (Wildman–Crippen LogP) is 4.69. The number of hydrogen-bond acceptors (Lipinski definition) is 6. The van der Waals surface area contributed by atoms with Crippen LogP contribution >= 0.6 is 24.0 Å². The Kier molecular flexibility index (Phi) is 9.69. The summed E-state index contributed by atoms with van der Waals surface area (Å²) in [6, 6.07) is 28.1. The fourth-order valence-corrected chi connectivity index (χ4v) is 7.70. The number of hydrogen-bond donors (Lipinski definition) is 2. The molecule has 0 spiro atoms. The van der Waals surface area contributed by atoms with Crippen LogP contribution in [0.15, 0.2) is 84.9 Å². The Morgan fingerprint density at radius 3 is 2.30 bits per heavy atom. The molecule has 0 aliphatic carbocycles. The fourth-order valence-electron chi connectivity index (χ4n) is 6.25. The number of amides is 2. The quantitative estimate of drug-likeness (QED) is 0.331. The van der Waals surface area contributed by atoms with Crippen LogP contribution in [-0.2, 0) is 20.9 Å². The normalized spacial score (nSPS) is 19.7. The van der Waals surface area contributed by atoms with Gasteiger partial charge in [0.25, 0.3) is 0 Å². The van der Waals surface area contributed by atoms with Gasteiger partial charge in [-0.25, -0.2) is 0 Å². The number of rotatable bonds is 9. The first kappa shape index (κ1) is 30.4. The lowest BCUT2D eigenvalue weighted by Crippen LogP contribution is -2.61. The number of benzene rings is 3. The molecule has 2 N–H and O–H groups in total. The van der Waals surface area contributed by atoms with Crippen LogP contribution in [0.25, 0.3) is 0 Å². The van der Waals surface area contributed by atoms with Crippen molar-refractivity contribution in [3.63, 3.8) is 0 Å². The molecule has 0 aromatic heterocycles. The Morgan fingerprint density at radius 1 is 0.955 bits per heavy atom. The Morgan fingerprint density at radius 2 is 1.61 bits per heavy atom. The lowest BCUT2D eigenvalue weighted by molar-refractivity contribution is -0.147. The largest absolute Gasteiger partial charge is 0.378 e. The van der Waals surface area contributed by atoms with E-state index >= 15 is 0 Å². The molecule has 3 aromatic carbocycles. The number of ether oxygens (including phenoxy) is 1. The third-order valence-corrected chi connectivity index (χ3v) is 10.1. The maximum atomic E-state index is 14.4. The van der Waals surface area contributed by atoms with Gasteiger partial charge in [-0.05, 0) is 72.0 Å². The van der Waals surface area contributed by atoms with Gasteiger partial charge >= 0.3 is 0 Å². The van der Waals surface area contributed by atoms with E-state index in [1.54, 1.807) is 0 Å². The SMILES string of the molecule is O=C(CN1C[C@H](c2ccccc2)NC1=S)N(Cc1ccccc1)C1(C(=O)Nc2ccc(N3CCOCC3)cc2)CCSCC1. The number of thiocarbonyl (C=S) groups is 1. The molecular weight excluding hydrogens is 591 g/mol. The van der Waals surface area contributed by atoms with Crippen LogP contribution in [-0.4, -0.2) is 83.2 Å². The molecule has 0 bridgehead atoms. The van der Waals surface area contributed by atoms with Crippen molar-refractivity contribution in [1.29, 1.82) is 0 Å². The molecule has 0 saturated carbocycles. The maximum absolute atomic E-state index is 14.4. The minimum Gasteiger partial charge on any atom is -0.378 e. The Hall–Kier alpha value is -3.60. The average Bonchev–Trinajstić information content (AvgIpc) is 3.45. The second-order valence-electron chi connectivity index (χ2n) is 11.5. The highest BCUT2D eigenvalue weighted by Crippen LogP contribution is 2.36. The van der Waals surface area contributed by atoms with Gasteiger partial charge in [0, 0.05) is 37.6 Å². The highest BCUT2D eigenvalue weighted by atomic mass is 32.2. The molecule has 3 heterocycles. The summed E-state index contributed by atoms with van der Waals surface area (Å²) in [6.07, 6.45) is 1.17. The van der Waals surface area contributed by atoms with Crippen LogP contribution in [0, 0.1) is 0 Å². The second-order valence-corrected chi connectivity index (χ2v) is 13.1. The summed E-state index contributed by atoms with van der Waals surface area (Å²) in [7, 11) is 0. The van der Waals surface area contributed by atoms with E-state index in [4.69, 9.17) is 17.0 Å². The third-order valence-electron chi connectivity index (χ3n) is 8.76. The first-order chi connectivity index (χ1) is 21.5. The number of morpholine rings is 1. The molecular formula is C34H39N5O3S2. The van der Waals surface area contributed by atoms with Crippen molar-refractivity contribution in [3.8, 4) is 0 Å². The minimum atomic E-state index is -0.978. The zero-order chi connectivity index (χ0) is 30.4. The topological polar surface area (TPSA) is 77.2 Å². The van der Waals surface area contributed by atoms with E-state index < -0.39 is 5.54 Å². The van der Waals surface area contributed by atoms with Gasteiger partial charge in [0.2, 0.25) is 11.8 Å². The molecule has 3 saturated heterocycles. The molecule has 8 nitrogen and oxygen atoms in total. The third kappa shape index (κ3) is 6.87. The van der Waals surface area contributed by atoms with Crippen molar-refractivity contribution in [2.24, 2.45) is 0 Å². The minimum absolute atomic E-state index is 0.0165. The van der Waals surface area contributed by atoms with Crippen LogP contribution in [0.5, 0.6) is 0 Å². The van der Waals surface area contributed by atoms with Crippen molar-refractivity contribution in [1.82, 2.24) is 15.1 Å². The predicted molar refractivity (Wildman–Crippen MR) is 181 cm³/mol. The second kappa shape index (κ2) is 14.0. The van der Waals surface area contributed by atoms with Crippen molar-refractivity contribution in [2.75, 3.05) is 61.1 Å². The van der Waals surface area contributed by atoms with Crippen LogP contribution in [0.4, 0.5) is 11.4 Å². The molecule has 230 valence electrons. The van der Waals surface area contributed by atoms with Gasteiger partial charge in [-0.2, -0.15) is 11.8 Å². The molecule has 3 aromatic rings.